The van der Waals surface area contributed by atoms with Gasteiger partial charge in [0.15, 0.2) is 0 Å². The molecule has 1 aliphatic rings. The minimum absolute atomic E-state index is 0.0932. The second-order valence-corrected chi connectivity index (χ2v) is 11.2. The zero-order valence-electron chi connectivity index (χ0n) is 20.8. The van der Waals surface area contributed by atoms with E-state index in [-0.39, 0.29) is 17.2 Å². The summed E-state index contributed by atoms with van der Waals surface area (Å²) in [5.74, 6) is -0.320. The fourth-order valence-corrected chi connectivity index (χ4v) is 5.66. The van der Waals surface area contributed by atoms with Gasteiger partial charge in [0, 0.05) is 17.5 Å². The van der Waals surface area contributed by atoms with Crippen LogP contribution in [0.15, 0.2) is 60.7 Å². The fraction of sp³-hybridized carbons (Fsp3) is 0.333. The first-order valence-electron chi connectivity index (χ1n) is 12.4. The molecule has 0 fully saturated rings. The molecular weight excluding hydrogens is 452 g/mol. The van der Waals surface area contributed by atoms with E-state index in [0.717, 1.165) is 43.2 Å². The van der Waals surface area contributed by atoms with Crippen molar-refractivity contribution in [3.63, 3.8) is 0 Å². The van der Waals surface area contributed by atoms with Crippen LogP contribution in [0.3, 0.4) is 0 Å². The van der Waals surface area contributed by atoms with Crippen molar-refractivity contribution < 1.29 is 9.59 Å². The van der Waals surface area contributed by atoms with Gasteiger partial charge in [-0.25, -0.2) is 0 Å². The van der Waals surface area contributed by atoms with Gasteiger partial charge < -0.3 is 10.6 Å². The number of hydrogen-bond donors (Lipinski definition) is 2. The Hall–Kier alpha value is -3.18. The van der Waals surface area contributed by atoms with Crippen molar-refractivity contribution in [1.29, 1.82) is 0 Å². The molecule has 5 heteroatoms. The Bertz CT molecular complexity index is 1200. The molecule has 1 aliphatic carbocycles. The molecule has 0 aliphatic heterocycles. The zero-order valence-corrected chi connectivity index (χ0v) is 21.6. The predicted molar refractivity (Wildman–Crippen MR) is 146 cm³/mol. The van der Waals surface area contributed by atoms with Crippen LogP contribution in [-0.2, 0) is 29.5 Å². The first kappa shape index (κ1) is 24.9. The van der Waals surface area contributed by atoms with Crippen molar-refractivity contribution in [1.82, 2.24) is 5.32 Å². The smallest absolute Gasteiger partial charge is 0.254 e. The topological polar surface area (TPSA) is 58.2 Å². The highest BCUT2D eigenvalue weighted by atomic mass is 32.1. The molecule has 0 radical (unpaired) electrons. The molecule has 35 heavy (non-hydrogen) atoms. The van der Waals surface area contributed by atoms with E-state index in [1.807, 2.05) is 36.4 Å². The van der Waals surface area contributed by atoms with Crippen LogP contribution in [-0.4, -0.2) is 18.4 Å². The summed E-state index contributed by atoms with van der Waals surface area (Å²) in [4.78, 5) is 27.2. The summed E-state index contributed by atoms with van der Waals surface area (Å²) in [5.41, 5.74) is 5.26. The van der Waals surface area contributed by atoms with E-state index in [2.05, 4.69) is 55.7 Å². The number of amides is 2. The molecule has 1 heterocycles. The number of nitrogens with one attached hydrogen (secondary N) is 2. The number of carbonyl (C=O) groups is 2. The van der Waals surface area contributed by atoms with E-state index in [9.17, 15) is 9.59 Å². The Kier molecular flexibility index (Phi) is 7.86. The Labute approximate surface area is 212 Å². The van der Waals surface area contributed by atoms with Gasteiger partial charge in [0.05, 0.1) is 5.56 Å². The number of fused-ring (bicyclic) bond motifs is 1. The summed E-state index contributed by atoms with van der Waals surface area (Å²) in [7, 11) is 0. The van der Waals surface area contributed by atoms with Crippen LogP contribution < -0.4 is 10.6 Å². The summed E-state index contributed by atoms with van der Waals surface area (Å²) in [5, 5.41) is 6.72. The molecule has 0 atom stereocenters. The molecule has 0 unspecified atom stereocenters. The maximum absolute atomic E-state index is 13.2. The van der Waals surface area contributed by atoms with E-state index in [0.29, 0.717) is 17.1 Å². The number of carbonyl (C=O) groups excluding carboxylic acids is 2. The maximum Gasteiger partial charge on any atom is 0.254 e. The van der Waals surface area contributed by atoms with Crippen molar-refractivity contribution in [2.24, 2.45) is 0 Å². The molecule has 0 saturated heterocycles. The van der Waals surface area contributed by atoms with Gasteiger partial charge in [-0.15, -0.1) is 11.3 Å². The van der Waals surface area contributed by atoms with E-state index >= 15 is 0 Å². The second kappa shape index (κ2) is 11.0. The zero-order chi connectivity index (χ0) is 24.8. The van der Waals surface area contributed by atoms with Crippen LogP contribution in [0.25, 0.3) is 6.08 Å². The number of benzene rings is 2. The maximum atomic E-state index is 13.2. The van der Waals surface area contributed by atoms with Crippen LogP contribution >= 0.6 is 11.3 Å². The van der Waals surface area contributed by atoms with Gasteiger partial charge in [0.1, 0.15) is 5.00 Å². The lowest BCUT2D eigenvalue weighted by Crippen LogP contribution is -2.27. The van der Waals surface area contributed by atoms with E-state index in [1.54, 1.807) is 17.4 Å². The van der Waals surface area contributed by atoms with Gasteiger partial charge in [-0.2, -0.15) is 0 Å². The van der Waals surface area contributed by atoms with Gasteiger partial charge in [0.25, 0.3) is 5.91 Å². The fourth-order valence-electron chi connectivity index (χ4n) is 4.37. The molecular formula is C30H34N2O2S. The Morgan fingerprint density at radius 3 is 2.40 bits per heavy atom. The average molecular weight is 487 g/mol. The van der Waals surface area contributed by atoms with Gasteiger partial charge in [-0.1, -0.05) is 75.4 Å². The normalized spacial score (nSPS) is 13.5. The molecule has 0 bridgehead atoms. The quantitative estimate of drug-likeness (QED) is 0.372. The van der Waals surface area contributed by atoms with Gasteiger partial charge >= 0.3 is 0 Å². The van der Waals surface area contributed by atoms with Crippen molar-refractivity contribution in [3.05, 3.63) is 93.4 Å². The first-order valence-corrected chi connectivity index (χ1v) is 13.2. The Balaban J connectivity index is 1.45. The van der Waals surface area contributed by atoms with Gasteiger partial charge in [0.2, 0.25) is 5.91 Å². The lowest BCUT2D eigenvalue weighted by Gasteiger charge is -2.18. The Morgan fingerprint density at radius 1 is 0.971 bits per heavy atom. The summed E-state index contributed by atoms with van der Waals surface area (Å²) < 4.78 is 0. The molecule has 3 aromatic rings. The molecule has 0 spiro atoms. The summed E-state index contributed by atoms with van der Waals surface area (Å²) in [6.45, 7) is 7.11. The van der Waals surface area contributed by atoms with Crippen molar-refractivity contribution in [2.75, 3.05) is 11.9 Å². The summed E-state index contributed by atoms with van der Waals surface area (Å²) in [6.07, 6.45) is 8.19. The monoisotopic (exact) mass is 486 g/mol. The molecule has 182 valence electrons. The highest BCUT2D eigenvalue weighted by Crippen LogP contribution is 2.38. The first-order chi connectivity index (χ1) is 16.8. The SMILES string of the molecule is CC(C)(C)c1ccc(C=CC(=O)Nc2sc3c(c2C(=O)NCCc2ccccc2)CCCC3)cc1. The summed E-state index contributed by atoms with van der Waals surface area (Å²) in [6, 6.07) is 18.4. The van der Waals surface area contributed by atoms with Gasteiger partial charge in [-0.3, -0.25) is 9.59 Å². The minimum atomic E-state index is -0.221. The molecule has 4 nitrogen and oxygen atoms in total. The highest BCUT2D eigenvalue weighted by molar-refractivity contribution is 7.17. The third kappa shape index (κ3) is 6.49. The molecule has 2 amide bonds. The second-order valence-electron chi connectivity index (χ2n) is 10.1. The third-order valence-corrected chi connectivity index (χ3v) is 7.59. The average Bonchev–Trinajstić information content (AvgIpc) is 3.21. The van der Waals surface area contributed by atoms with Crippen LogP contribution in [0, 0.1) is 0 Å². The number of anilines is 1. The largest absolute Gasteiger partial charge is 0.352 e. The predicted octanol–water partition coefficient (Wildman–Crippen LogP) is 6.55. The molecule has 4 rings (SSSR count). The minimum Gasteiger partial charge on any atom is -0.352 e. The summed E-state index contributed by atoms with van der Waals surface area (Å²) >= 11 is 1.55. The number of rotatable bonds is 7. The van der Waals surface area contributed by atoms with Crippen LogP contribution in [0.1, 0.15) is 71.1 Å². The molecule has 1 aromatic heterocycles. The van der Waals surface area contributed by atoms with E-state index < -0.39 is 0 Å². The standard InChI is InChI=1S/C30H34N2O2S/c1-30(2,3)23-16-13-22(14-17-23)15-18-26(33)32-29-27(24-11-7-8-12-25(24)35-29)28(34)31-20-19-21-9-5-4-6-10-21/h4-6,9-10,13-18H,7-8,11-12,19-20H2,1-3H3,(H,31,34)(H,32,33). The number of hydrogen-bond acceptors (Lipinski definition) is 3. The van der Waals surface area contributed by atoms with Crippen LogP contribution in [0.2, 0.25) is 0 Å². The van der Waals surface area contributed by atoms with Crippen LogP contribution in [0.5, 0.6) is 0 Å². The van der Waals surface area contributed by atoms with E-state index in [1.165, 1.54) is 16.0 Å². The van der Waals surface area contributed by atoms with Crippen molar-refractivity contribution in [3.8, 4) is 0 Å². The van der Waals surface area contributed by atoms with Crippen LogP contribution in [0.4, 0.5) is 5.00 Å². The molecule has 2 N–H and O–H groups in total. The lowest BCUT2D eigenvalue weighted by molar-refractivity contribution is -0.111. The lowest BCUT2D eigenvalue weighted by atomic mass is 9.87. The van der Waals surface area contributed by atoms with Crippen molar-refractivity contribution in [2.45, 2.75) is 58.3 Å². The third-order valence-electron chi connectivity index (χ3n) is 6.38. The molecule has 0 saturated carbocycles. The number of aryl methyl sites for hydroxylation is 1. The molecule has 2 aromatic carbocycles. The van der Waals surface area contributed by atoms with E-state index in [4.69, 9.17) is 0 Å². The Morgan fingerprint density at radius 2 is 1.69 bits per heavy atom. The number of thiophene rings is 1. The highest BCUT2D eigenvalue weighted by Gasteiger charge is 2.26. The van der Waals surface area contributed by atoms with Gasteiger partial charge in [-0.05, 0) is 65.8 Å². The van der Waals surface area contributed by atoms with Crippen molar-refractivity contribution >= 4 is 34.2 Å².